The number of aromatic nitrogens is 2. The maximum Gasteiger partial charge on any atom is 0.329 e. The minimum absolute atomic E-state index is 0.0450. The van der Waals surface area contributed by atoms with E-state index >= 15 is 0 Å². The van der Waals surface area contributed by atoms with Crippen molar-refractivity contribution in [3.05, 3.63) is 28.3 Å². The number of carbonyl (C=O) groups is 1. The second-order valence-corrected chi connectivity index (χ2v) is 4.04. The van der Waals surface area contributed by atoms with Crippen LogP contribution in [0.2, 0.25) is 0 Å². The molecule has 0 saturated heterocycles. The second-order valence-electron chi connectivity index (χ2n) is 4.04. The third kappa shape index (κ3) is 4.90. The van der Waals surface area contributed by atoms with Crippen molar-refractivity contribution in [2.75, 3.05) is 19.8 Å². The molecule has 0 bridgehead atoms. The number of hydrogen-bond acceptors (Lipinski definition) is 5. The number of nitrogens with zero attached hydrogens (tertiary/aromatic N) is 1. The normalized spacial score (nSPS) is 11.2. The fraction of sp³-hybridized carbons (Fsp3) is 0.500. The van der Waals surface area contributed by atoms with Crippen LogP contribution in [0.1, 0.15) is 12.1 Å². The molecule has 0 aliphatic heterocycles. The van der Waals surface area contributed by atoms with Crippen molar-refractivity contribution < 1.29 is 24.9 Å². The van der Waals surface area contributed by atoms with E-state index in [0.29, 0.717) is 25.1 Å². The summed E-state index contributed by atoms with van der Waals surface area (Å²) in [5.41, 5.74) is -0.0144. The van der Waals surface area contributed by atoms with Gasteiger partial charge in [0.05, 0.1) is 12.3 Å². The van der Waals surface area contributed by atoms with Crippen LogP contribution in [0.5, 0.6) is 5.88 Å². The van der Waals surface area contributed by atoms with E-state index in [9.17, 15) is 14.7 Å². The van der Waals surface area contributed by atoms with Gasteiger partial charge in [-0.3, -0.25) is 9.55 Å². The number of hydrogen-bond donors (Lipinski definition) is 4. The van der Waals surface area contributed by atoms with Gasteiger partial charge in [-0.1, -0.05) is 12.2 Å². The van der Waals surface area contributed by atoms with E-state index in [1.165, 1.54) is 4.57 Å². The van der Waals surface area contributed by atoms with Crippen LogP contribution in [0.4, 0.5) is 0 Å². The van der Waals surface area contributed by atoms with Crippen LogP contribution in [0.3, 0.4) is 0 Å². The largest absolute Gasteiger partial charge is 0.493 e. The first-order valence-corrected chi connectivity index (χ1v) is 6.12. The third-order valence-corrected chi connectivity index (χ3v) is 2.53. The van der Waals surface area contributed by atoms with Gasteiger partial charge >= 0.3 is 11.7 Å². The van der Waals surface area contributed by atoms with Crippen LogP contribution in [-0.4, -0.2) is 50.7 Å². The Bertz CT molecular complexity index is 517. The molecule has 0 aromatic carbocycles. The van der Waals surface area contributed by atoms with Crippen molar-refractivity contribution >= 4 is 5.97 Å². The molecule has 8 heteroatoms. The van der Waals surface area contributed by atoms with Gasteiger partial charge < -0.3 is 20.1 Å². The minimum Gasteiger partial charge on any atom is -0.493 e. The topological polar surface area (TPSA) is 125 Å². The van der Waals surface area contributed by atoms with Crippen molar-refractivity contribution in [3.63, 3.8) is 0 Å². The minimum atomic E-state index is -1.04. The maximum absolute atomic E-state index is 11.5. The number of aliphatic hydroxyl groups is 1. The number of allylic oxidation sites excluding steroid dienone is 1. The molecule has 8 nitrogen and oxygen atoms in total. The van der Waals surface area contributed by atoms with Crippen LogP contribution < -0.4 is 5.69 Å². The highest BCUT2D eigenvalue weighted by Gasteiger charge is 2.11. The van der Waals surface area contributed by atoms with Crippen LogP contribution in [-0.2, 0) is 22.5 Å². The van der Waals surface area contributed by atoms with Crippen molar-refractivity contribution in [1.82, 2.24) is 9.55 Å². The lowest BCUT2D eigenvalue weighted by Crippen LogP contribution is -2.19. The second kappa shape index (κ2) is 8.18. The number of rotatable bonds is 9. The average Bonchev–Trinajstić information content (AvgIpc) is 2.65. The van der Waals surface area contributed by atoms with E-state index in [1.54, 1.807) is 12.2 Å². The molecule has 4 N–H and O–H groups in total. The number of aromatic hydroxyl groups is 1. The molecule has 1 heterocycles. The zero-order valence-electron chi connectivity index (χ0n) is 10.9. The summed E-state index contributed by atoms with van der Waals surface area (Å²) in [6.45, 7) is 0.0288. The summed E-state index contributed by atoms with van der Waals surface area (Å²) >= 11 is 0. The summed E-state index contributed by atoms with van der Waals surface area (Å²) in [7, 11) is 0. The average molecular weight is 286 g/mol. The van der Waals surface area contributed by atoms with Gasteiger partial charge in [0.15, 0.2) is 0 Å². The molecule has 0 unspecified atom stereocenters. The van der Waals surface area contributed by atoms with Gasteiger partial charge in [-0.05, 0) is 6.42 Å². The Labute approximate surface area is 114 Å². The number of aromatic amines is 1. The third-order valence-electron chi connectivity index (χ3n) is 2.53. The number of carboxylic acids is 1. The Morgan fingerprint density at radius 1 is 1.40 bits per heavy atom. The van der Waals surface area contributed by atoms with Crippen molar-refractivity contribution in [2.45, 2.75) is 19.4 Å². The van der Waals surface area contributed by atoms with E-state index in [0.717, 1.165) is 0 Å². The number of nitrogens with one attached hydrogen (secondary N) is 1. The van der Waals surface area contributed by atoms with Crippen LogP contribution in [0.25, 0.3) is 0 Å². The summed E-state index contributed by atoms with van der Waals surface area (Å²) in [4.78, 5) is 24.0. The predicted octanol–water partition coefficient (Wildman–Crippen LogP) is -0.536. The summed E-state index contributed by atoms with van der Waals surface area (Å²) in [6, 6.07) is 0. The predicted molar refractivity (Wildman–Crippen MR) is 69.7 cm³/mol. The molecular formula is C12H18N2O6. The number of imidazole rings is 1. The molecule has 112 valence electrons. The Balaban J connectivity index is 2.56. The van der Waals surface area contributed by atoms with E-state index in [4.69, 9.17) is 14.9 Å². The highest BCUT2D eigenvalue weighted by Crippen LogP contribution is 2.13. The van der Waals surface area contributed by atoms with Gasteiger partial charge in [-0.15, -0.1) is 0 Å². The fourth-order valence-corrected chi connectivity index (χ4v) is 1.64. The highest BCUT2D eigenvalue weighted by molar-refractivity contribution is 5.67. The van der Waals surface area contributed by atoms with Gasteiger partial charge in [0.25, 0.3) is 0 Å². The Hall–Kier alpha value is -2.06. The molecule has 1 aromatic rings. The zero-order chi connectivity index (χ0) is 15.0. The van der Waals surface area contributed by atoms with Gasteiger partial charge in [-0.2, -0.15) is 0 Å². The van der Waals surface area contributed by atoms with E-state index < -0.39 is 11.7 Å². The molecule has 0 aliphatic rings. The van der Waals surface area contributed by atoms with E-state index in [2.05, 4.69) is 4.98 Å². The quantitative estimate of drug-likeness (QED) is 0.357. The summed E-state index contributed by atoms with van der Waals surface area (Å²) in [5, 5.41) is 26.7. The number of aliphatic hydroxyl groups excluding tert-OH is 1. The first-order chi connectivity index (χ1) is 9.56. The van der Waals surface area contributed by atoms with Crippen LogP contribution in [0.15, 0.2) is 16.9 Å². The molecule has 0 fully saturated rings. The SMILES string of the molecule is O=C(O)COCC=CCc1c(O)[nH]c(=O)n1CCCO. The number of aliphatic carboxylic acids is 1. The standard InChI is InChI=1S/C12H18N2O6/c15-6-3-5-14-9(11(18)13-12(14)19)4-1-2-7-20-8-10(16)17/h1-2,15,18H,3-8H2,(H,13,19)(H,16,17). The number of carboxylic acid groups (broad SMARTS) is 1. The first kappa shape index (κ1) is 16.0. The Kier molecular flexibility index (Phi) is 6.54. The first-order valence-electron chi connectivity index (χ1n) is 6.12. The Morgan fingerprint density at radius 2 is 2.15 bits per heavy atom. The van der Waals surface area contributed by atoms with Crippen LogP contribution >= 0.6 is 0 Å². The van der Waals surface area contributed by atoms with Gasteiger partial charge in [0.2, 0.25) is 5.88 Å². The Morgan fingerprint density at radius 3 is 2.80 bits per heavy atom. The monoisotopic (exact) mass is 286 g/mol. The molecule has 0 saturated carbocycles. The smallest absolute Gasteiger partial charge is 0.329 e. The lowest BCUT2D eigenvalue weighted by atomic mass is 10.3. The molecule has 0 amide bonds. The number of ether oxygens (including phenoxy) is 1. The van der Waals surface area contributed by atoms with Crippen LogP contribution in [0, 0.1) is 0 Å². The van der Waals surface area contributed by atoms with Crippen molar-refractivity contribution in [1.29, 1.82) is 0 Å². The number of H-pyrrole nitrogens is 1. The lowest BCUT2D eigenvalue weighted by molar-refractivity contribution is -0.141. The molecule has 20 heavy (non-hydrogen) atoms. The summed E-state index contributed by atoms with van der Waals surface area (Å²) < 4.78 is 6.16. The highest BCUT2D eigenvalue weighted by atomic mass is 16.5. The molecular weight excluding hydrogens is 268 g/mol. The maximum atomic E-state index is 11.5. The molecule has 0 aliphatic carbocycles. The molecule has 0 spiro atoms. The molecule has 1 aromatic heterocycles. The summed E-state index contributed by atoms with van der Waals surface area (Å²) in [5.74, 6) is -1.25. The van der Waals surface area contributed by atoms with Crippen molar-refractivity contribution in [2.24, 2.45) is 0 Å². The zero-order valence-corrected chi connectivity index (χ0v) is 10.9. The van der Waals surface area contributed by atoms with Gasteiger partial charge in [-0.25, -0.2) is 9.59 Å². The summed E-state index contributed by atoms with van der Waals surface area (Å²) in [6.07, 6.45) is 3.98. The molecule has 0 atom stereocenters. The molecule has 1 rings (SSSR count). The van der Waals surface area contributed by atoms with E-state index in [-0.39, 0.29) is 25.7 Å². The fourth-order valence-electron chi connectivity index (χ4n) is 1.64. The lowest BCUT2D eigenvalue weighted by Gasteiger charge is -2.04. The van der Waals surface area contributed by atoms with Crippen molar-refractivity contribution in [3.8, 4) is 5.88 Å². The van der Waals surface area contributed by atoms with Gasteiger partial charge in [0, 0.05) is 19.6 Å². The molecule has 0 radical (unpaired) electrons. The van der Waals surface area contributed by atoms with Gasteiger partial charge in [0.1, 0.15) is 6.61 Å². The van der Waals surface area contributed by atoms with E-state index in [1.807, 2.05) is 0 Å².